The highest BCUT2D eigenvalue weighted by Gasteiger charge is 2.20. The highest BCUT2D eigenvalue weighted by Crippen LogP contribution is 2.27. The Labute approximate surface area is 140 Å². The Kier molecular flexibility index (Phi) is 7.54. The van der Waals surface area contributed by atoms with Crippen molar-refractivity contribution < 1.29 is 28.6 Å². The summed E-state index contributed by atoms with van der Waals surface area (Å²) in [5, 5.41) is 4.46. The van der Waals surface area contributed by atoms with E-state index in [9.17, 15) is 14.4 Å². The van der Waals surface area contributed by atoms with E-state index in [1.165, 1.54) is 14.0 Å². The third-order valence-corrected chi connectivity index (χ3v) is 2.92. The molecule has 1 aromatic carbocycles. The van der Waals surface area contributed by atoms with Crippen molar-refractivity contribution in [2.75, 3.05) is 20.3 Å². The molecule has 24 heavy (non-hydrogen) atoms. The minimum Gasteiger partial charge on any atom is -0.493 e. The maximum absolute atomic E-state index is 11.7. The number of imide groups is 1. The number of hydrogen-bond donors (Lipinski definition) is 2. The molecule has 1 aromatic rings. The van der Waals surface area contributed by atoms with Gasteiger partial charge in [-0.25, -0.2) is 9.59 Å². The molecule has 2 N–H and O–H groups in total. The fraction of sp³-hybridized carbons (Fsp3) is 0.438. The topological polar surface area (TPSA) is 103 Å². The number of benzene rings is 1. The molecule has 0 spiro atoms. The van der Waals surface area contributed by atoms with Crippen LogP contribution in [0.3, 0.4) is 0 Å². The normalized spacial score (nSPS) is 11.2. The van der Waals surface area contributed by atoms with Gasteiger partial charge in [0.15, 0.2) is 24.2 Å². The van der Waals surface area contributed by atoms with Crippen molar-refractivity contribution in [1.29, 1.82) is 0 Å². The molecule has 0 unspecified atom stereocenters. The molecule has 0 bridgehead atoms. The Bertz CT molecular complexity index is 602. The lowest BCUT2D eigenvalue weighted by molar-refractivity contribution is -0.156. The first kappa shape index (κ1) is 19.3. The molecule has 0 aliphatic carbocycles. The van der Waals surface area contributed by atoms with Crippen LogP contribution < -0.4 is 20.1 Å². The van der Waals surface area contributed by atoms with Crippen molar-refractivity contribution in [3.8, 4) is 11.5 Å². The summed E-state index contributed by atoms with van der Waals surface area (Å²) in [6.07, 6.45) is -1.12. The lowest BCUT2D eigenvalue weighted by atomic mass is 10.2. The zero-order valence-corrected chi connectivity index (χ0v) is 14.2. The van der Waals surface area contributed by atoms with E-state index in [0.29, 0.717) is 18.0 Å². The molecule has 1 rings (SSSR count). The minimum absolute atomic E-state index is 0.375. The number of urea groups is 1. The summed E-state index contributed by atoms with van der Waals surface area (Å²) in [6, 6.07) is 4.60. The van der Waals surface area contributed by atoms with Gasteiger partial charge in [0.25, 0.3) is 5.91 Å². The average Bonchev–Trinajstić information content (AvgIpc) is 2.53. The van der Waals surface area contributed by atoms with Gasteiger partial charge in [0, 0.05) is 6.54 Å². The van der Waals surface area contributed by atoms with Crippen LogP contribution in [0.5, 0.6) is 11.5 Å². The van der Waals surface area contributed by atoms with Gasteiger partial charge in [-0.15, -0.1) is 0 Å². The second-order valence-electron chi connectivity index (χ2n) is 4.92. The average molecular weight is 338 g/mol. The van der Waals surface area contributed by atoms with Crippen LogP contribution in [0.15, 0.2) is 18.2 Å². The fourth-order valence-electron chi connectivity index (χ4n) is 1.73. The number of carbonyl (C=O) groups excluding carboxylic acids is 3. The summed E-state index contributed by atoms with van der Waals surface area (Å²) in [7, 11) is 1.49. The van der Waals surface area contributed by atoms with Gasteiger partial charge in [0.2, 0.25) is 0 Å². The molecule has 8 nitrogen and oxygen atoms in total. The first-order valence-corrected chi connectivity index (χ1v) is 7.43. The highest BCUT2D eigenvalue weighted by molar-refractivity contribution is 5.97. The number of carbonyl (C=O) groups is 3. The second-order valence-corrected chi connectivity index (χ2v) is 4.92. The zero-order chi connectivity index (χ0) is 18.1. The number of ether oxygens (including phenoxy) is 3. The van der Waals surface area contributed by atoms with Crippen LogP contribution in [0, 0.1) is 6.92 Å². The van der Waals surface area contributed by atoms with E-state index < -0.39 is 30.6 Å². The van der Waals surface area contributed by atoms with Crippen LogP contribution in [-0.2, 0) is 14.3 Å². The van der Waals surface area contributed by atoms with Crippen LogP contribution in [0.25, 0.3) is 0 Å². The third kappa shape index (κ3) is 6.15. The Morgan fingerprint density at radius 1 is 1.21 bits per heavy atom. The number of hydrogen-bond acceptors (Lipinski definition) is 6. The summed E-state index contributed by atoms with van der Waals surface area (Å²) in [5.74, 6) is -0.581. The smallest absolute Gasteiger partial charge is 0.344 e. The standard InChI is InChI=1S/C16H22N2O6/c1-5-17-16(21)18-15(20)11(3)24-14(19)9-23-12-7-6-10(2)8-13(12)22-4/h6-8,11H,5,9H2,1-4H3,(H2,17,18,20,21)/t11-/m0/s1. The highest BCUT2D eigenvalue weighted by atomic mass is 16.6. The fourth-order valence-corrected chi connectivity index (χ4v) is 1.73. The van der Waals surface area contributed by atoms with E-state index in [0.717, 1.165) is 5.56 Å². The van der Waals surface area contributed by atoms with E-state index in [4.69, 9.17) is 14.2 Å². The molecular weight excluding hydrogens is 316 g/mol. The van der Waals surface area contributed by atoms with E-state index in [-0.39, 0.29) is 0 Å². The monoisotopic (exact) mass is 338 g/mol. The molecule has 0 aliphatic rings. The van der Waals surface area contributed by atoms with Crippen LogP contribution >= 0.6 is 0 Å². The van der Waals surface area contributed by atoms with Gasteiger partial charge < -0.3 is 19.5 Å². The lowest BCUT2D eigenvalue weighted by Gasteiger charge is -2.14. The van der Waals surface area contributed by atoms with Crippen LogP contribution in [-0.4, -0.2) is 44.3 Å². The molecule has 8 heteroatoms. The maximum Gasteiger partial charge on any atom is 0.344 e. The van der Waals surface area contributed by atoms with Gasteiger partial charge in [-0.3, -0.25) is 10.1 Å². The van der Waals surface area contributed by atoms with Crippen molar-refractivity contribution in [2.45, 2.75) is 26.9 Å². The molecule has 3 amide bonds. The molecule has 0 radical (unpaired) electrons. The molecule has 132 valence electrons. The van der Waals surface area contributed by atoms with Gasteiger partial charge in [-0.1, -0.05) is 6.07 Å². The Morgan fingerprint density at radius 2 is 1.92 bits per heavy atom. The van der Waals surface area contributed by atoms with E-state index >= 15 is 0 Å². The number of rotatable bonds is 7. The van der Waals surface area contributed by atoms with Crippen molar-refractivity contribution >= 4 is 17.9 Å². The van der Waals surface area contributed by atoms with E-state index in [1.54, 1.807) is 19.1 Å². The Hall–Kier alpha value is -2.77. The molecule has 1 atom stereocenters. The van der Waals surface area contributed by atoms with Crippen LogP contribution in [0.4, 0.5) is 4.79 Å². The Balaban J connectivity index is 2.48. The number of methoxy groups -OCH3 is 1. The maximum atomic E-state index is 11.7. The number of nitrogens with one attached hydrogen (secondary N) is 2. The summed E-state index contributed by atoms with van der Waals surface area (Å²) in [6.45, 7) is 4.95. The second kappa shape index (κ2) is 9.39. The minimum atomic E-state index is -1.12. The number of aryl methyl sites for hydroxylation is 1. The molecule has 0 aromatic heterocycles. The van der Waals surface area contributed by atoms with Gasteiger partial charge in [-0.2, -0.15) is 0 Å². The first-order valence-electron chi connectivity index (χ1n) is 7.43. The number of amides is 3. The Morgan fingerprint density at radius 3 is 2.54 bits per heavy atom. The predicted molar refractivity (Wildman–Crippen MR) is 86.0 cm³/mol. The molecule has 0 saturated carbocycles. The van der Waals surface area contributed by atoms with Crippen LogP contribution in [0.1, 0.15) is 19.4 Å². The van der Waals surface area contributed by atoms with Gasteiger partial charge in [-0.05, 0) is 38.5 Å². The van der Waals surface area contributed by atoms with Crippen LogP contribution in [0.2, 0.25) is 0 Å². The predicted octanol–water partition coefficient (Wildman–Crippen LogP) is 1.16. The molecule has 0 fully saturated rings. The molecule has 0 heterocycles. The molecular formula is C16H22N2O6. The summed E-state index contributed by atoms with van der Waals surface area (Å²) in [5.41, 5.74) is 0.984. The van der Waals surface area contributed by atoms with Gasteiger partial charge in [0.05, 0.1) is 7.11 Å². The quantitative estimate of drug-likeness (QED) is 0.723. The van der Waals surface area contributed by atoms with E-state index in [2.05, 4.69) is 10.6 Å². The first-order chi connectivity index (χ1) is 11.4. The largest absolute Gasteiger partial charge is 0.493 e. The summed E-state index contributed by atoms with van der Waals surface area (Å²) < 4.78 is 15.4. The summed E-state index contributed by atoms with van der Waals surface area (Å²) >= 11 is 0. The van der Waals surface area contributed by atoms with Gasteiger partial charge in [0.1, 0.15) is 0 Å². The number of esters is 1. The molecule has 0 saturated heterocycles. The molecule has 0 aliphatic heterocycles. The van der Waals surface area contributed by atoms with Crippen molar-refractivity contribution in [3.05, 3.63) is 23.8 Å². The van der Waals surface area contributed by atoms with Crippen molar-refractivity contribution in [3.63, 3.8) is 0 Å². The van der Waals surface area contributed by atoms with Gasteiger partial charge >= 0.3 is 12.0 Å². The summed E-state index contributed by atoms with van der Waals surface area (Å²) in [4.78, 5) is 34.6. The lowest BCUT2D eigenvalue weighted by Crippen LogP contribution is -2.44. The van der Waals surface area contributed by atoms with Crippen molar-refractivity contribution in [2.24, 2.45) is 0 Å². The SMILES string of the molecule is CCNC(=O)NC(=O)[C@H](C)OC(=O)COc1ccc(C)cc1OC. The zero-order valence-electron chi connectivity index (χ0n) is 14.2. The third-order valence-electron chi connectivity index (χ3n) is 2.92. The van der Waals surface area contributed by atoms with Crippen molar-refractivity contribution in [1.82, 2.24) is 10.6 Å². The van der Waals surface area contributed by atoms with E-state index in [1.807, 2.05) is 13.0 Å².